The Balaban J connectivity index is 0. The molecule has 0 aliphatic carbocycles. The zero-order chi connectivity index (χ0) is 11.8. The summed E-state index contributed by atoms with van der Waals surface area (Å²) in [6.07, 6.45) is 1.77. The average Bonchev–Trinajstić information content (AvgIpc) is 1.80. The van der Waals surface area contributed by atoms with Crippen molar-refractivity contribution in [1.82, 2.24) is 0 Å². The van der Waals surface area contributed by atoms with Crippen LogP contribution < -0.4 is 0 Å². The number of rotatable bonds is 4. The van der Waals surface area contributed by atoms with Gasteiger partial charge >= 0.3 is 81.5 Å². The third-order valence-electron chi connectivity index (χ3n) is 1.12. The van der Waals surface area contributed by atoms with E-state index >= 15 is 0 Å². The van der Waals surface area contributed by atoms with Gasteiger partial charge in [0, 0.05) is 0 Å². The Morgan fingerprint density at radius 3 is 1.64 bits per heavy atom. The fourth-order valence-corrected chi connectivity index (χ4v) is 1.84. The predicted molar refractivity (Wildman–Crippen MR) is 51.3 cm³/mol. The summed E-state index contributed by atoms with van der Waals surface area (Å²) in [5, 5.41) is 0. The summed E-state index contributed by atoms with van der Waals surface area (Å²) in [5.74, 6) is 0. The summed E-state index contributed by atoms with van der Waals surface area (Å²) in [7, 11) is -8.32. The van der Waals surface area contributed by atoms with Crippen LogP contribution in [0.15, 0.2) is 0 Å². The van der Waals surface area contributed by atoms with Crippen molar-refractivity contribution in [2.45, 2.75) is 22.6 Å². The molecule has 0 saturated carbocycles. The van der Waals surface area contributed by atoms with E-state index in [0.717, 1.165) is 40.8 Å². The SMILES string of the molecule is O=P(O)(O)O.O[Si](O)(O)CCC[CH2][Na]. The number of hydrogen-bond donors (Lipinski definition) is 6. The van der Waals surface area contributed by atoms with Crippen LogP contribution in [0.3, 0.4) is 0 Å². The molecule has 0 atom stereocenters. The third-order valence-corrected chi connectivity index (χ3v) is 2.85. The minimum atomic E-state index is -4.64. The second-order valence-corrected chi connectivity index (χ2v) is 6.82. The van der Waals surface area contributed by atoms with Crippen molar-refractivity contribution in [3.63, 3.8) is 0 Å². The molecule has 0 radical (unpaired) electrons. The topological polar surface area (TPSA) is 138 Å². The van der Waals surface area contributed by atoms with Crippen LogP contribution >= 0.6 is 7.82 Å². The average molecular weight is 256 g/mol. The monoisotopic (exact) mass is 256 g/mol. The summed E-state index contributed by atoms with van der Waals surface area (Å²) >= 11 is 1.16. The molecule has 0 aromatic heterocycles. The molecule has 0 bridgehead atoms. The van der Waals surface area contributed by atoms with Gasteiger partial charge < -0.3 is 14.7 Å². The Labute approximate surface area is 100 Å². The normalized spacial score (nSPS) is 12.0. The first kappa shape index (κ1) is 17.6. The molecule has 0 spiro atoms. The van der Waals surface area contributed by atoms with E-state index in [1.54, 1.807) is 0 Å². The van der Waals surface area contributed by atoms with Gasteiger partial charge in [0.1, 0.15) is 0 Å². The van der Waals surface area contributed by atoms with Crippen molar-refractivity contribution in [3.05, 3.63) is 0 Å². The Bertz CT molecular complexity index is 169. The van der Waals surface area contributed by atoms with Crippen LogP contribution in [-0.2, 0) is 4.57 Å². The molecule has 0 fully saturated rings. The number of hydrogen-bond acceptors (Lipinski definition) is 4. The van der Waals surface area contributed by atoms with Crippen LogP contribution in [0, 0.1) is 0 Å². The van der Waals surface area contributed by atoms with Crippen molar-refractivity contribution in [2.24, 2.45) is 0 Å². The predicted octanol–water partition coefficient (Wildman–Crippen LogP) is -1.66. The van der Waals surface area contributed by atoms with Crippen LogP contribution in [0.2, 0.25) is 9.71 Å². The molecular formula is C4H14NaO7PSi. The summed E-state index contributed by atoms with van der Waals surface area (Å²) in [5.41, 5.74) is 0. The van der Waals surface area contributed by atoms with Gasteiger partial charge in [-0.05, 0) is 0 Å². The molecular weight excluding hydrogens is 242 g/mol. The van der Waals surface area contributed by atoms with Gasteiger partial charge in [-0.25, -0.2) is 4.57 Å². The quantitative estimate of drug-likeness (QED) is 0.201. The number of unbranched alkanes of at least 4 members (excludes halogenated alkanes) is 1. The first-order valence-corrected chi connectivity index (χ1v) is 9.04. The molecule has 6 N–H and O–H groups in total. The molecule has 0 amide bonds. The summed E-state index contributed by atoms with van der Waals surface area (Å²) in [6.45, 7) is 0. The van der Waals surface area contributed by atoms with Gasteiger partial charge in [0.05, 0.1) is 0 Å². The van der Waals surface area contributed by atoms with Gasteiger partial charge in [0.25, 0.3) is 0 Å². The molecule has 10 heteroatoms. The van der Waals surface area contributed by atoms with Gasteiger partial charge in [-0.1, -0.05) is 0 Å². The van der Waals surface area contributed by atoms with Gasteiger partial charge in [0.15, 0.2) is 0 Å². The minimum absolute atomic E-state index is 0.204. The Hall–Kier alpha value is 1.21. The van der Waals surface area contributed by atoms with Crippen LogP contribution in [0.5, 0.6) is 0 Å². The Morgan fingerprint density at radius 1 is 1.07 bits per heavy atom. The van der Waals surface area contributed by atoms with Crippen molar-refractivity contribution in [2.75, 3.05) is 0 Å². The maximum absolute atomic E-state index is 8.88. The van der Waals surface area contributed by atoms with E-state index in [9.17, 15) is 0 Å². The van der Waals surface area contributed by atoms with Crippen LogP contribution in [0.25, 0.3) is 0 Å². The second kappa shape index (κ2) is 8.37. The van der Waals surface area contributed by atoms with Crippen molar-refractivity contribution < 1.29 is 33.6 Å². The first-order chi connectivity index (χ1) is 6.06. The van der Waals surface area contributed by atoms with Gasteiger partial charge in [-0.15, -0.1) is 0 Å². The maximum atomic E-state index is 8.88. The van der Waals surface area contributed by atoms with Gasteiger partial charge in [0.2, 0.25) is 0 Å². The van der Waals surface area contributed by atoms with Gasteiger partial charge in [-0.3, -0.25) is 0 Å². The molecule has 0 heterocycles. The fraction of sp³-hybridized carbons (Fsp3) is 1.00. The molecule has 0 saturated heterocycles. The van der Waals surface area contributed by atoms with E-state index in [0.29, 0.717) is 0 Å². The molecule has 0 aromatic rings. The fourth-order valence-electron chi connectivity index (χ4n) is 0.612. The van der Waals surface area contributed by atoms with E-state index in [-0.39, 0.29) is 6.04 Å². The van der Waals surface area contributed by atoms with E-state index in [1.807, 2.05) is 0 Å². The van der Waals surface area contributed by atoms with Crippen LogP contribution in [0.4, 0.5) is 0 Å². The summed E-state index contributed by atoms with van der Waals surface area (Å²) in [4.78, 5) is 47.1. The van der Waals surface area contributed by atoms with E-state index in [2.05, 4.69) is 0 Å². The first-order valence-electron chi connectivity index (χ1n) is 4.01. The van der Waals surface area contributed by atoms with Crippen LogP contribution in [-0.4, -0.2) is 65.8 Å². The Morgan fingerprint density at radius 2 is 1.43 bits per heavy atom. The molecule has 0 aromatic carbocycles. The van der Waals surface area contributed by atoms with Crippen molar-refractivity contribution in [3.8, 4) is 0 Å². The van der Waals surface area contributed by atoms with E-state index in [1.165, 1.54) is 3.67 Å². The molecule has 7 nitrogen and oxygen atoms in total. The molecule has 0 aliphatic heterocycles. The number of phosphoric acid groups is 1. The molecule has 0 unspecified atom stereocenters. The molecule has 0 aliphatic rings. The zero-order valence-corrected chi connectivity index (χ0v) is 11.8. The molecule has 0 rings (SSSR count). The second-order valence-electron chi connectivity index (χ2n) is 2.74. The molecule has 82 valence electrons. The zero-order valence-electron chi connectivity index (χ0n) is 7.87. The van der Waals surface area contributed by atoms with Crippen molar-refractivity contribution in [1.29, 1.82) is 0 Å². The molecule has 14 heavy (non-hydrogen) atoms. The summed E-state index contributed by atoms with van der Waals surface area (Å²) in [6, 6.07) is 0.204. The third kappa shape index (κ3) is 37.9. The van der Waals surface area contributed by atoms with Crippen molar-refractivity contribution >= 4 is 44.6 Å². The summed E-state index contributed by atoms with van der Waals surface area (Å²) < 4.78 is 10.1. The van der Waals surface area contributed by atoms with E-state index < -0.39 is 16.6 Å². The van der Waals surface area contributed by atoms with Gasteiger partial charge in [-0.2, -0.15) is 0 Å². The van der Waals surface area contributed by atoms with E-state index in [4.69, 9.17) is 33.6 Å². The Kier molecular flexibility index (Phi) is 10.5. The van der Waals surface area contributed by atoms with Crippen LogP contribution in [0.1, 0.15) is 12.8 Å². The standard InChI is InChI=1S/C4H11O3Si.Na.H3O4P/c1-2-3-4-8(5,6)7;;1-5(2,3)4/h5-7H,1-4H2;;(H3,1,2,3,4).